The zero-order chi connectivity index (χ0) is 25.0. The van der Waals surface area contributed by atoms with Gasteiger partial charge in [-0.2, -0.15) is 0 Å². The molecule has 3 saturated heterocycles. The molecule has 0 aliphatic carbocycles. The van der Waals surface area contributed by atoms with Crippen molar-refractivity contribution in [2.45, 2.75) is 90.7 Å². The molecule has 196 valence electrons. The lowest BCUT2D eigenvalue weighted by Gasteiger charge is -2.51. The van der Waals surface area contributed by atoms with Gasteiger partial charge in [0.2, 0.25) is 0 Å². The molecule has 4 heterocycles. The van der Waals surface area contributed by atoms with Gasteiger partial charge >= 0.3 is 0 Å². The standard InChI is InChI=1S/C20H26N2O2.C10H22O/c1-3-13-12-22-9-7-14(13)10-19(22)20(23)16-6-8-21-18-5-4-15(24-2)11-17(16)18;1-3-5-7-9-11-10-8-6-4-2/h4-6,8,11,13-14,19-20,23H,3,7,9-10,12H2,1-2H3;3-10H2,1-2H3/t13-,14-,19+,20-;/m0./s1. The molecule has 0 saturated carbocycles. The number of fused-ring (bicyclic) bond motifs is 4. The number of hydrogen-bond acceptors (Lipinski definition) is 5. The van der Waals surface area contributed by atoms with Crippen LogP contribution in [0.25, 0.3) is 10.9 Å². The van der Waals surface area contributed by atoms with Crippen molar-refractivity contribution in [1.29, 1.82) is 0 Å². The third kappa shape index (κ3) is 7.65. The molecule has 5 atom stereocenters. The summed E-state index contributed by atoms with van der Waals surface area (Å²) in [6, 6.07) is 8.07. The van der Waals surface area contributed by atoms with E-state index in [9.17, 15) is 5.11 Å². The Kier molecular flexibility index (Phi) is 11.8. The van der Waals surface area contributed by atoms with Gasteiger partial charge in [-0.25, -0.2) is 0 Å². The number of pyridine rings is 1. The van der Waals surface area contributed by atoms with E-state index in [2.05, 4.69) is 30.7 Å². The summed E-state index contributed by atoms with van der Waals surface area (Å²) < 4.78 is 10.8. The average molecular weight is 485 g/mol. The van der Waals surface area contributed by atoms with Crippen LogP contribution in [-0.4, -0.2) is 54.4 Å². The number of aliphatic hydroxyl groups excluding tert-OH is 1. The van der Waals surface area contributed by atoms with Crippen molar-refractivity contribution < 1.29 is 14.6 Å². The summed E-state index contributed by atoms with van der Waals surface area (Å²) in [6.45, 7) is 10.9. The molecule has 1 unspecified atom stereocenters. The molecule has 1 aromatic heterocycles. The molecule has 3 aliphatic heterocycles. The van der Waals surface area contributed by atoms with Crippen LogP contribution < -0.4 is 4.74 Å². The van der Waals surface area contributed by atoms with Crippen molar-refractivity contribution in [3.63, 3.8) is 0 Å². The number of unbranched alkanes of at least 4 members (excludes halogenated alkanes) is 4. The fraction of sp³-hybridized carbons (Fsp3) is 0.700. The minimum atomic E-state index is -0.469. The predicted molar refractivity (Wildman–Crippen MR) is 145 cm³/mol. The maximum absolute atomic E-state index is 11.2. The van der Waals surface area contributed by atoms with Gasteiger partial charge in [-0.1, -0.05) is 52.9 Å². The van der Waals surface area contributed by atoms with Gasteiger partial charge in [0, 0.05) is 37.4 Å². The highest BCUT2D eigenvalue weighted by atomic mass is 16.5. The van der Waals surface area contributed by atoms with Crippen LogP contribution in [0.2, 0.25) is 0 Å². The van der Waals surface area contributed by atoms with E-state index in [-0.39, 0.29) is 6.04 Å². The first-order valence-electron chi connectivity index (χ1n) is 14.0. The van der Waals surface area contributed by atoms with Crippen LogP contribution >= 0.6 is 0 Å². The summed E-state index contributed by atoms with van der Waals surface area (Å²) in [4.78, 5) is 6.94. The molecule has 1 N–H and O–H groups in total. The van der Waals surface area contributed by atoms with Crippen LogP contribution in [0, 0.1) is 11.8 Å². The highest BCUT2D eigenvalue weighted by molar-refractivity contribution is 5.83. The quantitative estimate of drug-likeness (QED) is 0.337. The van der Waals surface area contributed by atoms with E-state index >= 15 is 0 Å². The number of rotatable bonds is 12. The van der Waals surface area contributed by atoms with Crippen LogP contribution in [0.3, 0.4) is 0 Å². The minimum absolute atomic E-state index is 0.225. The van der Waals surface area contributed by atoms with E-state index in [4.69, 9.17) is 9.47 Å². The van der Waals surface area contributed by atoms with Crippen LogP contribution in [0.1, 0.15) is 90.2 Å². The van der Waals surface area contributed by atoms with Gasteiger partial charge in [-0.3, -0.25) is 9.88 Å². The SMILES string of the molecule is CCCCCOCCCCC.CC[C@H]1CN2CC[C@H]1C[C@@H]2[C@@H](O)c1ccnc2ccc(OC)cc12. The number of aliphatic hydroxyl groups is 1. The van der Waals surface area contributed by atoms with Crippen molar-refractivity contribution in [1.82, 2.24) is 9.88 Å². The van der Waals surface area contributed by atoms with Crippen molar-refractivity contribution in [2.24, 2.45) is 11.8 Å². The zero-order valence-electron chi connectivity index (χ0n) is 22.5. The maximum Gasteiger partial charge on any atom is 0.119 e. The first-order chi connectivity index (χ1) is 17.1. The van der Waals surface area contributed by atoms with E-state index in [1.807, 2.05) is 24.3 Å². The fourth-order valence-corrected chi connectivity index (χ4v) is 5.72. The number of benzene rings is 1. The highest BCUT2D eigenvalue weighted by Crippen LogP contribution is 2.42. The Morgan fingerprint density at radius 3 is 2.40 bits per heavy atom. The van der Waals surface area contributed by atoms with Crippen molar-refractivity contribution >= 4 is 10.9 Å². The summed E-state index contributed by atoms with van der Waals surface area (Å²) in [7, 11) is 1.67. The second-order valence-electron chi connectivity index (χ2n) is 10.3. The molecule has 3 aliphatic rings. The summed E-state index contributed by atoms with van der Waals surface area (Å²) in [5.74, 6) is 2.37. The van der Waals surface area contributed by atoms with Gasteiger partial charge in [0.15, 0.2) is 0 Å². The maximum atomic E-state index is 11.2. The third-order valence-electron chi connectivity index (χ3n) is 7.91. The molecule has 0 spiro atoms. The fourth-order valence-electron chi connectivity index (χ4n) is 5.72. The molecule has 2 aromatic rings. The van der Waals surface area contributed by atoms with Crippen molar-refractivity contribution in [2.75, 3.05) is 33.4 Å². The van der Waals surface area contributed by atoms with E-state index in [1.54, 1.807) is 13.3 Å². The normalized spacial score (nSPS) is 24.1. The zero-order valence-corrected chi connectivity index (χ0v) is 22.5. The molecule has 0 amide bonds. The summed E-state index contributed by atoms with van der Waals surface area (Å²) >= 11 is 0. The lowest BCUT2D eigenvalue weighted by molar-refractivity contribution is -0.0562. The Morgan fingerprint density at radius 2 is 1.80 bits per heavy atom. The molecule has 3 fully saturated rings. The van der Waals surface area contributed by atoms with Crippen LogP contribution in [-0.2, 0) is 4.74 Å². The molecular weight excluding hydrogens is 436 g/mol. The minimum Gasteiger partial charge on any atom is -0.497 e. The Morgan fingerprint density at radius 1 is 1.06 bits per heavy atom. The van der Waals surface area contributed by atoms with Gasteiger partial charge in [0.05, 0.1) is 18.7 Å². The Bertz CT molecular complexity index is 866. The van der Waals surface area contributed by atoms with Crippen molar-refractivity contribution in [3.05, 3.63) is 36.0 Å². The Hall–Kier alpha value is -1.69. The molecule has 1 aromatic carbocycles. The van der Waals surface area contributed by atoms with Gasteiger partial charge in [-0.15, -0.1) is 0 Å². The molecule has 2 bridgehead atoms. The third-order valence-corrected chi connectivity index (χ3v) is 7.91. The van der Waals surface area contributed by atoms with Crippen LogP contribution in [0.4, 0.5) is 0 Å². The van der Waals surface area contributed by atoms with Gasteiger partial charge in [-0.05, 0) is 73.9 Å². The molecule has 5 heteroatoms. The van der Waals surface area contributed by atoms with Crippen LogP contribution in [0.5, 0.6) is 5.75 Å². The molecule has 35 heavy (non-hydrogen) atoms. The first-order valence-corrected chi connectivity index (χ1v) is 14.0. The number of aromatic nitrogens is 1. The molecule has 0 radical (unpaired) electrons. The van der Waals surface area contributed by atoms with Gasteiger partial charge in [0.1, 0.15) is 5.75 Å². The lowest BCUT2D eigenvalue weighted by atomic mass is 9.72. The Labute approximate surface area is 213 Å². The lowest BCUT2D eigenvalue weighted by Crippen LogP contribution is -2.55. The number of methoxy groups -OCH3 is 1. The average Bonchev–Trinajstić information content (AvgIpc) is 2.92. The summed E-state index contributed by atoms with van der Waals surface area (Å²) in [6.07, 6.45) is 12.7. The first kappa shape index (κ1) is 27.9. The smallest absolute Gasteiger partial charge is 0.119 e. The van der Waals surface area contributed by atoms with Gasteiger partial charge < -0.3 is 14.6 Å². The van der Waals surface area contributed by atoms with E-state index < -0.39 is 6.10 Å². The van der Waals surface area contributed by atoms with Crippen molar-refractivity contribution in [3.8, 4) is 5.75 Å². The highest BCUT2D eigenvalue weighted by Gasteiger charge is 2.42. The molecule has 5 rings (SSSR count). The number of ether oxygens (including phenoxy) is 2. The van der Waals surface area contributed by atoms with Crippen LogP contribution in [0.15, 0.2) is 30.5 Å². The summed E-state index contributed by atoms with van der Waals surface area (Å²) in [5.41, 5.74) is 1.89. The number of piperidine rings is 3. The summed E-state index contributed by atoms with van der Waals surface area (Å²) in [5, 5.41) is 12.2. The Balaban J connectivity index is 0.000000266. The van der Waals surface area contributed by atoms with E-state index in [0.29, 0.717) is 0 Å². The second kappa shape index (κ2) is 14.8. The second-order valence-corrected chi connectivity index (χ2v) is 10.3. The number of hydrogen-bond donors (Lipinski definition) is 1. The predicted octanol–water partition coefficient (Wildman–Crippen LogP) is 6.78. The largest absolute Gasteiger partial charge is 0.497 e. The number of nitrogens with zero attached hydrogens (tertiary/aromatic N) is 2. The van der Waals surface area contributed by atoms with E-state index in [1.165, 1.54) is 51.4 Å². The van der Waals surface area contributed by atoms with E-state index in [0.717, 1.165) is 66.8 Å². The topological polar surface area (TPSA) is 54.8 Å². The van der Waals surface area contributed by atoms with Gasteiger partial charge in [0.25, 0.3) is 0 Å². The molecule has 5 nitrogen and oxygen atoms in total. The monoisotopic (exact) mass is 484 g/mol. The molecular formula is C30H48N2O3.